The number of aromatic hydroxyl groups is 1. The maximum Gasteiger partial charge on any atom is 0.261 e. The highest BCUT2D eigenvalue weighted by Crippen LogP contribution is 2.39. The first-order valence-electron chi connectivity index (χ1n) is 9.07. The normalized spacial score (nSPS) is 11.2. The van der Waals surface area contributed by atoms with E-state index in [1.807, 2.05) is 63.2 Å². The van der Waals surface area contributed by atoms with Crippen molar-refractivity contribution in [3.63, 3.8) is 0 Å². The van der Waals surface area contributed by atoms with E-state index in [4.69, 9.17) is 11.6 Å². The van der Waals surface area contributed by atoms with Gasteiger partial charge in [0, 0.05) is 35.6 Å². The van der Waals surface area contributed by atoms with Crippen molar-refractivity contribution in [2.24, 2.45) is 0 Å². The third-order valence-corrected chi connectivity index (χ3v) is 6.11. The summed E-state index contributed by atoms with van der Waals surface area (Å²) in [6.07, 6.45) is 0. The van der Waals surface area contributed by atoms with E-state index < -0.39 is 0 Å². The fourth-order valence-electron chi connectivity index (χ4n) is 3.44. The van der Waals surface area contributed by atoms with Crippen molar-refractivity contribution in [2.45, 2.75) is 13.8 Å². The number of anilines is 1. The summed E-state index contributed by atoms with van der Waals surface area (Å²) in [5.41, 5.74) is 3.59. The molecule has 4 aromatic rings. The second kappa shape index (κ2) is 7.21. The second-order valence-electron chi connectivity index (χ2n) is 7.13. The number of halogens is 1. The van der Waals surface area contributed by atoms with Crippen molar-refractivity contribution in [3.05, 3.63) is 61.7 Å². The molecule has 2 heterocycles. The summed E-state index contributed by atoms with van der Waals surface area (Å²) in [6.45, 7) is 3.77. The minimum absolute atomic E-state index is 0.0834. The molecular formula is C22H20ClN3O2S. The number of hydrogen-bond donors (Lipinski definition) is 2. The number of aromatic nitrogens is 2. The van der Waals surface area contributed by atoms with Gasteiger partial charge in [0.25, 0.3) is 5.56 Å². The number of thiazole rings is 1. The molecule has 148 valence electrons. The van der Waals surface area contributed by atoms with Crippen LogP contribution in [0.15, 0.2) is 41.2 Å². The first-order valence-corrected chi connectivity index (χ1v) is 10.3. The summed E-state index contributed by atoms with van der Waals surface area (Å²) in [4.78, 5) is 22.9. The van der Waals surface area contributed by atoms with Gasteiger partial charge in [-0.15, -0.1) is 11.3 Å². The Labute approximate surface area is 177 Å². The van der Waals surface area contributed by atoms with Gasteiger partial charge in [-0.05, 0) is 43.7 Å². The number of fused-ring (bicyclic) bond motifs is 1. The zero-order valence-corrected chi connectivity index (χ0v) is 18.1. The van der Waals surface area contributed by atoms with E-state index >= 15 is 0 Å². The van der Waals surface area contributed by atoms with E-state index in [0.717, 1.165) is 26.7 Å². The van der Waals surface area contributed by atoms with Gasteiger partial charge in [0.05, 0.1) is 21.2 Å². The number of pyridine rings is 1. The topological polar surface area (TPSA) is 69.2 Å². The largest absolute Gasteiger partial charge is 0.506 e. The van der Waals surface area contributed by atoms with Crippen LogP contribution < -0.4 is 10.5 Å². The highest BCUT2D eigenvalue weighted by Gasteiger charge is 2.20. The van der Waals surface area contributed by atoms with Crippen molar-refractivity contribution in [2.75, 3.05) is 19.0 Å². The molecule has 2 N–H and O–H groups in total. The Balaban J connectivity index is 1.94. The molecule has 0 aliphatic heterocycles. The van der Waals surface area contributed by atoms with E-state index in [0.29, 0.717) is 21.6 Å². The van der Waals surface area contributed by atoms with Crippen LogP contribution >= 0.6 is 22.9 Å². The number of aryl methyl sites for hydroxylation is 2. The minimum Gasteiger partial charge on any atom is -0.506 e. The van der Waals surface area contributed by atoms with Crippen LogP contribution in [-0.2, 0) is 0 Å². The zero-order chi connectivity index (χ0) is 20.9. The summed E-state index contributed by atoms with van der Waals surface area (Å²) >= 11 is 8.00. The van der Waals surface area contributed by atoms with Crippen LogP contribution in [0.25, 0.3) is 33.3 Å². The molecule has 0 aliphatic rings. The zero-order valence-electron chi connectivity index (χ0n) is 16.5. The van der Waals surface area contributed by atoms with E-state index in [1.165, 1.54) is 11.3 Å². The quantitative estimate of drug-likeness (QED) is 0.463. The van der Waals surface area contributed by atoms with Gasteiger partial charge in [0.1, 0.15) is 11.3 Å². The van der Waals surface area contributed by atoms with Gasteiger partial charge in [-0.25, -0.2) is 4.98 Å². The molecular weight excluding hydrogens is 406 g/mol. The molecule has 0 atom stereocenters. The number of H-pyrrole nitrogens is 1. The maximum absolute atomic E-state index is 12.7. The lowest BCUT2D eigenvalue weighted by molar-refractivity contribution is 0.482. The van der Waals surface area contributed by atoms with Gasteiger partial charge in [0.15, 0.2) is 0 Å². The number of nitrogens with zero attached hydrogens (tertiary/aromatic N) is 2. The number of rotatable bonds is 3. The lowest BCUT2D eigenvalue weighted by Crippen LogP contribution is -2.10. The third-order valence-electron chi connectivity index (χ3n) is 4.91. The van der Waals surface area contributed by atoms with Gasteiger partial charge in [-0.2, -0.15) is 0 Å². The SMILES string of the molecule is Cc1nc(-c2c(O)c3cc(-c4ccc(N(C)C)cc4)c(Cl)cc3[nH]c2=O)c(C)s1. The summed E-state index contributed by atoms with van der Waals surface area (Å²) in [7, 11) is 3.96. The smallest absolute Gasteiger partial charge is 0.261 e. The minimum atomic E-state index is -0.387. The second-order valence-corrected chi connectivity index (χ2v) is 8.95. The summed E-state index contributed by atoms with van der Waals surface area (Å²) < 4.78 is 0. The molecule has 0 spiro atoms. The van der Waals surface area contributed by atoms with E-state index in [-0.39, 0.29) is 16.9 Å². The average molecular weight is 426 g/mol. The molecule has 4 rings (SSSR count). The molecule has 0 aliphatic carbocycles. The summed E-state index contributed by atoms with van der Waals surface area (Å²) in [5, 5.41) is 12.9. The molecule has 0 saturated carbocycles. The molecule has 0 unspecified atom stereocenters. The predicted octanol–water partition coefficient (Wildman–Crippen LogP) is 5.36. The van der Waals surface area contributed by atoms with Crippen LogP contribution in [0.3, 0.4) is 0 Å². The van der Waals surface area contributed by atoms with Crippen molar-refractivity contribution in [1.29, 1.82) is 0 Å². The summed E-state index contributed by atoms with van der Waals surface area (Å²) in [6, 6.07) is 11.5. The molecule has 2 aromatic heterocycles. The van der Waals surface area contributed by atoms with E-state index in [2.05, 4.69) is 9.97 Å². The van der Waals surface area contributed by atoms with E-state index in [1.54, 1.807) is 6.07 Å². The van der Waals surface area contributed by atoms with Crippen molar-refractivity contribution >= 4 is 39.5 Å². The van der Waals surface area contributed by atoms with Crippen LogP contribution in [-0.4, -0.2) is 29.2 Å². The Hall–Kier alpha value is -2.83. The molecule has 0 amide bonds. The van der Waals surface area contributed by atoms with Crippen molar-refractivity contribution < 1.29 is 5.11 Å². The Morgan fingerprint density at radius 1 is 1.14 bits per heavy atom. The van der Waals surface area contributed by atoms with Crippen LogP contribution in [0.2, 0.25) is 5.02 Å². The fraction of sp³-hybridized carbons (Fsp3) is 0.182. The van der Waals surface area contributed by atoms with Gasteiger partial charge < -0.3 is 15.0 Å². The fourth-order valence-corrected chi connectivity index (χ4v) is 4.54. The number of hydrogen-bond acceptors (Lipinski definition) is 5. The Bertz CT molecular complexity index is 1290. The molecule has 29 heavy (non-hydrogen) atoms. The first-order chi connectivity index (χ1) is 13.8. The number of nitrogens with one attached hydrogen (secondary N) is 1. The average Bonchev–Trinajstić information content (AvgIpc) is 2.99. The molecule has 0 radical (unpaired) electrons. The van der Waals surface area contributed by atoms with Crippen molar-refractivity contribution in [1.82, 2.24) is 9.97 Å². The van der Waals surface area contributed by atoms with Crippen molar-refractivity contribution in [3.8, 4) is 28.1 Å². The molecule has 0 saturated heterocycles. The molecule has 0 fully saturated rings. The molecule has 0 bridgehead atoms. The lowest BCUT2D eigenvalue weighted by atomic mass is 10.0. The highest BCUT2D eigenvalue weighted by molar-refractivity contribution is 7.11. The Morgan fingerprint density at radius 3 is 2.41 bits per heavy atom. The standard InChI is InChI=1S/C22H20ClN3O2S/c1-11-20(24-12(2)29-11)19-21(27)16-9-15(17(23)10-18(16)25-22(19)28)13-5-7-14(8-6-13)26(3)4/h5-10H,1-4H3,(H2,25,27,28). The highest BCUT2D eigenvalue weighted by atomic mass is 35.5. The van der Waals surface area contributed by atoms with E-state index in [9.17, 15) is 9.90 Å². The third kappa shape index (κ3) is 3.39. The maximum atomic E-state index is 12.7. The number of benzene rings is 2. The summed E-state index contributed by atoms with van der Waals surface area (Å²) in [5.74, 6) is -0.0834. The van der Waals surface area contributed by atoms with Crippen LogP contribution in [0.4, 0.5) is 5.69 Å². The van der Waals surface area contributed by atoms with Gasteiger partial charge in [0.2, 0.25) is 0 Å². The van der Waals surface area contributed by atoms with Gasteiger partial charge in [-0.1, -0.05) is 23.7 Å². The molecule has 7 heteroatoms. The van der Waals surface area contributed by atoms with Crippen LogP contribution in [0.5, 0.6) is 5.75 Å². The monoisotopic (exact) mass is 425 g/mol. The van der Waals surface area contributed by atoms with Crippen LogP contribution in [0, 0.1) is 13.8 Å². The first kappa shape index (κ1) is 19.5. The van der Waals surface area contributed by atoms with Gasteiger partial charge >= 0.3 is 0 Å². The Kier molecular flexibility index (Phi) is 4.84. The Morgan fingerprint density at radius 2 is 1.83 bits per heavy atom. The molecule has 5 nitrogen and oxygen atoms in total. The molecule has 2 aromatic carbocycles. The van der Waals surface area contributed by atoms with Gasteiger partial charge in [-0.3, -0.25) is 4.79 Å². The lowest BCUT2D eigenvalue weighted by Gasteiger charge is -2.14. The van der Waals surface area contributed by atoms with Crippen LogP contribution in [0.1, 0.15) is 9.88 Å². The number of aromatic amines is 1. The predicted molar refractivity (Wildman–Crippen MR) is 122 cm³/mol.